The molecule has 0 unspecified atom stereocenters. The summed E-state index contributed by atoms with van der Waals surface area (Å²) in [6.07, 6.45) is 3.82. The summed E-state index contributed by atoms with van der Waals surface area (Å²) in [5, 5.41) is 14.2. The first-order chi connectivity index (χ1) is 16.3. The minimum atomic E-state index is 0.623. The number of ether oxygens (including phenoxy) is 1. The molecule has 0 spiro atoms. The van der Waals surface area contributed by atoms with Crippen molar-refractivity contribution in [2.75, 3.05) is 20.2 Å². The van der Waals surface area contributed by atoms with Crippen molar-refractivity contribution >= 4 is 11.8 Å². The molecule has 3 heterocycles. The lowest BCUT2D eigenvalue weighted by Gasteiger charge is -2.26. The number of methoxy groups -OCH3 is 1. The number of benzene rings is 2. The van der Waals surface area contributed by atoms with Gasteiger partial charge in [-0.1, -0.05) is 41.5 Å². The van der Waals surface area contributed by atoms with Crippen molar-refractivity contribution < 1.29 is 9.26 Å². The van der Waals surface area contributed by atoms with Crippen molar-refractivity contribution in [3.8, 4) is 22.7 Å². The first-order valence-electron chi connectivity index (χ1n) is 11.2. The maximum absolute atomic E-state index is 5.60. The zero-order valence-corrected chi connectivity index (χ0v) is 19.5. The topological polar surface area (TPSA) is 69.2 Å². The van der Waals surface area contributed by atoms with Gasteiger partial charge in [0, 0.05) is 17.3 Å². The van der Waals surface area contributed by atoms with E-state index >= 15 is 0 Å². The summed E-state index contributed by atoms with van der Waals surface area (Å²) in [6, 6.07) is 20.1. The number of likely N-dealkylation sites (tertiary alicyclic amines) is 1. The van der Waals surface area contributed by atoms with E-state index in [-0.39, 0.29) is 0 Å². The second-order valence-electron chi connectivity index (χ2n) is 8.10. The standard InChI is InChI=1S/C25H27N5O2S/c1-31-21-12-10-19(11-13-21)23-16-22(32-28-23)18-33-25-27-26-24(17-29-14-6-3-7-15-29)30(25)20-8-4-2-5-9-20/h2,4-5,8-13,16H,3,6-7,14-15,17-18H2,1H3. The van der Waals surface area contributed by atoms with Gasteiger partial charge in [0.15, 0.2) is 11.0 Å². The summed E-state index contributed by atoms with van der Waals surface area (Å²) in [4.78, 5) is 2.47. The van der Waals surface area contributed by atoms with Crippen LogP contribution in [-0.4, -0.2) is 45.0 Å². The highest BCUT2D eigenvalue weighted by molar-refractivity contribution is 7.98. The summed E-state index contributed by atoms with van der Waals surface area (Å²) in [5.74, 6) is 3.21. The maximum atomic E-state index is 5.60. The predicted molar refractivity (Wildman–Crippen MR) is 129 cm³/mol. The fourth-order valence-electron chi connectivity index (χ4n) is 4.06. The van der Waals surface area contributed by atoms with Crippen LogP contribution in [0.5, 0.6) is 5.75 Å². The van der Waals surface area contributed by atoms with Crippen LogP contribution in [0.15, 0.2) is 70.3 Å². The number of piperidine rings is 1. The Labute approximate surface area is 197 Å². The Morgan fingerprint density at radius 1 is 0.970 bits per heavy atom. The van der Waals surface area contributed by atoms with Crippen LogP contribution in [0.1, 0.15) is 30.8 Å². The molecular formula is C25H27N5O2S. The third-order valence-corrected chi connectivity index (χ3v) is 6.77. The van der Waals surface area contributed by atoms with E-state index in [0.29, 0.717) is 5.75 Å². The van der Waals surface area contributed by atoms with Gasteiger partial charge in [0.05, 0.1) is 19.4 Å². The minimum absolute atomic E-state index is 0.623. The van der Waals surface area contributed by atoms with Gasteiger partial charge in [0.1, 0.15) is 17.2 Å². The molecule has 1 saturated heterocycles. The number of aromatic nitrogens is 4. The molecule has 0 amide bonds. The summed E-state index contributed by atoms with van der Waals surface area (Å²) in [5.41, 5.74) is 2.88. The molecule has 7 nitrogen and oxygen atoms in total. The van der Waals surface area contributed by atoms with Gasteiger partial charge in [-0.3, -0.25) is 9.47 Å². The van der Waals surface area contributed by atoms with E-state index in [9.17, 15) is 0 Å². The molecule has 1 aliphatic heterocycles. The second kappa shape index (κ2) is 10.2. The van der Waals surface area contributed by atoms with E-state index in [4.69, 9.17) is 9.26 Å². The molecule has 1 fully saturated rings. The van der Waals surface area contributed by atoms with Crippen molar-refractivity contribution in [1.29, 1.82) is 0 Å². The Hall–Kier alpha value is -3.10. The Kier molecular flexibility index (Phi) is 6.73. The van der Waals surface area contributed by atoms with Crippen LogP contribution in [-0.2, 0) is 12.3 Å². The Balaban J connectivity index is 1.33. The highest BCUT2D eigenvalue weighted by Gasteiger charge is 2.19. The molecule has 170 valence electrons. The number of nitrogens with zero attached hydrogens (tertiary/aromatic N) is 5. The van der Waals surface area contributed by atoms with E-state index in [1.807, 2.05) is 48.5 Å². The lowest BCUT2D eigenvalue weighted by Crippen LogP contribution is -2.30. The molecule has 0 saturated carbocycles. The first-order valence-corrected chi connectivity index (χ1v) is 12.2. The zero-order chi connectivity index (χ0) is 22.5. The Morgan fingerprint density at radius 2 is 1.76 bits per heavy atom. The molecule has 5 rings (SSSR count). The fourth-order valence-corrected chi connectivity index (χ4v) is 4.91. The monoisotopic (exact) mass is 461 g/mol. The van der Waals surface area contributed by atoms with E-state index in [1.54, 1.807) is 18.9 Å². The summed E-state index contributed by atoms with van der Waals surface area (Å²) in [7, 11) is 1.66. The second-order valence-corrected chi connectivity index (χ2v) is 9.04. The zero-order valence-electron chi connectivity index (χ0n) is 18.7. The Bertz CT molecular complexity index is 1170. The van der Waals surface area contributed by atoms with E-state index in [0.717, 1.165) is 59.1 Å². The average Bonchev–Trinajstić information content (AvgIpc) is 3.51. The third kappa shape index (κ3) is 5.12. The van der Waals surface area contributed by atoms with Gasteiger partial charge >= 0.3 is 0 Å². The van der Waals surface area contributed by atoms with Gasteiger partial charge in [0.25, 0.3) is 0 Å². The van der Waals surface area contributed by atoms with Crippen molar-refractivity contribution in [2.24, 2.45) is 0 Å². The SMILES string of the molecule is COc1ccc(-c2cc(CSc3nnc(CN4CCCCC4)n3-c3ccccc3)on2)cc1. The molecular weight excluding hydrogens is 434 g/mol. The van der Waals surface area contributed by atoms with Gasteiger partial charge < -0.3 is 9.26 Å². The van der Waals surface area contributed by atoms with Crippen LogP contribution in [0.2, 0.25) is 0 Å². The van der Waals surface area contributed by atoms with E-state index in [2.05, 4.69) is 37.0 Å². The molecule has 0 aliphatic carbocycles. The van der Waals surface area contributed by atoms with E-state index < -0.39 is 0 Å². The summed E-state index contributed by atoms with van der Waals surface area (Å²) < 4.78 is 13.0. The molecule has 0 N–H and O–H groups in total. The normalized spacial score (nSPS) is 14.5. The van der Waals surface area contributed by atoms with Crippen molar-refractivity contribution in [3.05, 3.63) is 72.2 Å². The van der Waals surface area contributed by atoms with Gasteiger partial charge in [-0.05, 0) is 62.3 Å². The number of hydrogen-bond acceptors (Lipinski definition) is 7. The van der Waals surface area contributed by atoms with Crippen molar-refractivity contribution in [2.45, 2.75) is 36.7 Å². The van der Waals surface area contributed by atoms with Crippen LogP contribution in [0, 0.1) is 0 Å². The fraction of sp³-hybridized carbons (Fsp3) is 0.320. The van der Waals surface area contributed by atoms with Crippen LogP contribution < -0.4 is 4.74 Å². The molecule has 2 aromatic carbocycles. The minimum Gasteiger partial charge on any atom is -0.497 e. The maximum Gasteiger partial charge on any atom is 0.196 e. The van der Waals surface area contributed by atoms with Gasteiger partial charge in [-0.25, -0.2) is 0 Å². The number of rotatable bonds is 8. The molecule has 4 aromatic rings. The molecule has 0 atom stereocenters. The predicted octanol–water partition coefficient (Wildman–Crippen LogP) is 5.21. The highest BCUT2D eigenvalue weighted by atomic mass is 32.2. The molecule has 1 aliphatic rings. The highest BCUT2D eigenvalue weighted by Crippen LogP contribution is 2.28. The van der Waals surface area contributed by atoms with Crippen LogP contribution in [0.3, 0.4) is 0 Å². The molecule has 2 aromatic heterocycles. The van der Waals surface area contributed by atoms with Crippen molar-refractivity contribution in [3.63, 3.8) is 0 Å². The molecule has 8 heteroatoms. The smallest absolute Gasteiger partial charge is 0.196 e. The summed E-state index contributed by atoms with van der Waals surface area (Å²) in [6.45, 7) is 3.05. The van der Waals surface area contributed by atoms with Crippen LogP contribution >= 0.6 is 11.8 Å². The number of para-hydroxylation sites is 1. The lowest BCUT2D eigenvalue weighted by molar-refractivity contribution is 0.214. The van der Waals surface area contributed by atoms with Crippen LogP contribution in [0.4, 0.5) is 0 Å². The van der Waals surface area contributed by atoms with Crippen molar-refractivity contribution in [1.82, 2.24) is 24.8 Å². The lowest BCUT2D eigenvalue weighted by atomic mass is 10.1. The molecule has 0 bridgehead atoms. The molecule has 0 radical (unpaired) electrons. The first kappa shape index (κ1) is 21.7. The largest absolute Gasteiger partial charge is 0.497 e. The Morgan fingerprint density at radius 3 is 2.52 bits per heavy atom. The van der Waals surface area contributed by atoms with Gasteiger partial charge in [-0.2, -0.15) is 0 Å². The third-order valence-electron chi connectivity index (χ3n) is 5.82. The van der Waals surface area contributed by atoms with Gasteiger partial charge in [-0.15, -0.1) is 10.2 Å². The molecule has 33 heavy (non-hydrogen) atoms. The van der Waals surface area contributed by atoms with Crippen LogP contribution in [0.25, 0.3) is 16.9 Å². The van der Waals surface area contributed by atoms with Gasteiger partial charge in [0.2, 0.25) is 0 Å². The number of hydrogen-bond donors (Lipinski definition) is 0. The average molecular weight is 462 g/mol. The van der Waals surface area contributed by atoms with E-state index in [1.165, 1.54) is 19.3 Å². The number of thioether (sulfide) groups is 1. The summed E-state index contributed by atoms with van der Waals surface area (Å²) >= 11 is 1.61. The quantitative estimate of drug-likeness (QED) is 0.334.